The van der Waals surface area contributed by atoms with Gasteiger partial charge in [-0.1, -0.05) is 29.8 Å². The van der Waals surface area contributed by atoms with Crippen LogP contribution < -0.4 is 10.1 Å². The number of halogens is 4. The Labute approximate surface area is 152 Å². The van der Waals surface area contributed by atoms with Gasteiger partial charge in [-0.25, -0.2) is 0 Å². The minimum atomic E-state index is -4.59. The quantitative estimate of drug-likeness (QED) is 0.605. The van der Waals surface area contributed by atoms with Gasteiger partial charge in [0.05, 0.1) is 23.4 Å². The van der Waals surface area contributed by atoms with Crippen molar-refractivity contribution in [2.75, 3.05) is 12.4 Å². The van der Waals surface area contributed by atoms with Crippen LogP contribution >= 0.6 is 11.6 Å². The highest BCUT2D eigenvalue weighted by molar-refractivity contribution is 6.34. The topological polar surface area (TPSA) is 62.1 Å². The van der Waals surface area contributed by atoms with E-state index < -0.39 is 17.6 Å². The smallest absolute Gasteiger partial charge is 0.416 e. The molecule has 8 heteroatoms. The Hall–Kier alpha value is -2.98. The molecule has 134 valence electrons. The second-order valence-electron chi connectivity index (χ2n) is 5.06. The van der Waals surface area contributed by atoms with Crippen LogP contribution in [0, 0.1) is 11.3 Å². The van der Waals surface area contributed by atoms with E-state index in [4.69, 9.17) is 16.3 Å². The SMILES string of the molecule is COc1ccccc1/C=C(\C#N)C(=O)Nc1cc(C(F)(F)F)ccc1Cl. The number of carbonyl (C=O) groups is 1. The number of amides is 1. The fourth-order valence-electron chi connectivity index (χ4n) is 2.08. The van der Waals surface area contributed by atoms with Gasteiger partial charge in [-0.15, -0.1) is 0 Å². The van der Waals surface area contributed by atoms with Crippen LogP contribution in [-0.2, 0) is 11.0 Å². The molecule has 0 atom stereocenters. The van der Waals surface area contributed by atoms with Gasteiger partial charge in [-0.2, -0.15) is 18.4 Å². The summed E-state index contributed by atoms with van der Waals surface area (Å²) >= 11 is 5.84. The molecule has 2 rings (SSSR count). The number of alkyl halides is 3. The lowest BCUT2D eigenvalue weighted by Crippen LogP contribution is -2.15. The maximum absolute atomic E-state index is 12.8. The normalized spacial score (nSPS) is 11.6. The highest BCUT2D eigenvalue weighted by Crippen LogP contribution is 2.34. The second-order valence-corrected chi connectivity index (χ2v) is 5.47. The largest absolute Gasteiger partial charge is 0.496 e. The number of para-hydroxylation sites is 1. The number of nitriles is 1. The predicted octanol–water partition coefficient (Wildman–Crippen LogP) is 4.91. The molecule has 2 aromatic rings. The molecule has 0 bridgehead atoms. The molecule has 2 aromatic carbocycles. The number of anilines is 1. The van der Waals surface area contributed by atoms with Crippen molar-refractivity contribution in [1.29, 1.82) is 5.26 Å². The van der Waals surface area contributed by atoms with Gasteiger partial charge in [0, 0.05) is 5.56 Å². The molecule has 26 heavy (non-hydrogen) atoms. The van der Waals surface area contributed by atoms with E-state index in [0.717, 1.165) is 12.1 Å². The molecule has 0 heterocycles. The van der Waals surface area contributed by atoms with E-state index in [2.05, 4.69) is 5.32 Å². The molecule has 0 spiro atoms. The number of nitrogens with zero attached hydrogens (tertiary/aromatic N) is 1. The zero-order valence-electron chi connectivity index (χ0n) is 13.4. The first kappa shape index (κ1) is 19.3. The van der Waals surface area contributed by atoms with Gasteiger partial charge >= 0.3 is 6.18 Å². The van der Waals surface area contributed by atoms with Crippen LogP contribution in [0.1, 0.15) is 11.1 Å². The third-order valence-corrected chi connectivity index (χ3v) is 3.68. The minimum Gasteiger partial charge on any atom is -0.496 e. The molecule has 0 aliphatic rings. The lowest BCUT2D eigenvalue weighted by Gasteiger charge is -2.11. The van der Waals surface area contributed by atoms with E-state index in [-0.39, 0.29) is 16.3 Å². The Kier molecular flexibility index (Phi) is 5.90. The number of methoxy groups -OCH3 is 1. The Morgan fingerprint density at radius 3 is 2.58 bits per heavy atom. The molecular formula is C18H12ClF3N2O2. The molecule has 0 saturated heterocycles. The number of rotatable bonds is 4. The van der Waals surface area contributed by atoms with Gasteiger partial charge in [0.2, 0.25) is 0 Å². The first-order chi connectivity index (χ1) is 12.3. The zero-order valence-corrected chi connectivity index (χ0v) is 14.2. The summed E-state index contributed by atoms with van der Waals surface area (Å²) in [6.07, 6.45) is -3.31. The monoisotopic (exact) mass is 380 g/mol. The maximum atomic E-state index is 12.8. The average molecular weight is 381 g/mol. The van der Waals surface area contributed by atoms with Gasteiger partial charge in [-0.05, 0) is 30.3 Å². The van der Waals surface area contributed by atoms with Crippen LogP contribution in [-0.4, -0.2) is 13.0 Å². The molecule has 0 saturated carbocycles. The van der Waals surface area contributed by atoms with Gasteiger partial charge in [0.15, 0.2) is 0 Å². The van der Waals surface area contributed by atoms with Crippen LogP contribution in [0.4, 0.5) is 18.9 Å². The van der Waals surface area contributed by atoms with Gasteiger partial charge in [0.25, 0.3) is 5.91 Å². The molecule has 0 aromatic heterocycles. The summed E-state index contributed by atoms with van der Waals surface area (Å²) in [5, 5.41) is 11.4. The van der Waals surface area contributed by atoms with E-state index in [0.29, 0.717) is 17.4 Å². The summed E-state index contributed by atoms with van der Waals surface area (Å²) < 4.78 is 43.5. The molecule has 0 fully saturated rings. The van der Waals surface area contributed by atoms with Crippen molar-refractivity contribution in [3.8, 4) is 11.8 Å². The van der Waals surface area contributed by atoms with E-state index in [1.165, 1.54) is 13.2 Å². The van der Waals surface area contributed by atoms with Crippen molar-refractivity contribution in [2.24, 2.45) is 0 Å². The van der Waals surface area contributed by atoms with Crippen molar-refractivity contribution in [3.05, 3.63) is 64.2 Å². The summed E-state index contributed by atoms with van der Waals surface area (Å²) in [6.45, 7) is 0. The summed E-state index contributed by atoms with van der Waals surface area (Å²) in [4.78, 5) is 12.3. The van der Waals surface area contributed by atoms with E-state index >= 15 is 0 Å². The lowest BCUT2D eigenvalue weighted by molar-refractivity contribution is -0.137. The number of ether oxygens (including phenoxy) is 1. The molecule has 0 unspecified atom stereocenters. The first-order valence-corrected chi connectivity index (χ1v) is 7.57. The van der Waals surface area contributed by atoms with E-state index in [1.54, 1.807) is 30.3 Å². The lowest BCUT2D eigenvalue weighted by atomic mass is 10.1. The molecule has 4 nitrogen and oxygen atoms in total. The summed E-state index contributed by atoms with van der Waals surface area (Å²) in [7, 11) is 1.43. The number of hydrogen-bond acceptors (Lipinski definition) is 3. The van der Waals surface area contributed by atoms with Gasteiger partial charge in [0.1, 0.15) is 17.4 Å². The molecular weight excluding hydrogens is 369 g/mol. The number of benzene rings is 2. The summed E-state index contributed by atoms with van der Waals surface area (Å²) in [5.41, 5.74) is -1.06. The van der Waals surface area contributed by atoms with Crippen molar-refractivity contribution in [3.63, 3.8) is 0 Å². The third kappa shape index (κ3) is 4.55. The van der Waals surface area contributed by atoms with Crippen LogP contribution in [0.15, 0.2) is 48.0 Å². The zero-order chi connectivity index (χ0) is 19.3. The summed E-state index contributed by atoms with van der Waals surface area (Å²) in [5.74, 6) is -0.454. The number of nitrogens with one attached hydrogen (secondary N) is 1. The standard InChI is InChI=1S/C18H12ClF3N2O2/c1-26-16-5-3-2-4-11(16)8-12(10-23)17(25)24-15-9-13(18(20,21)22)6-7-14(15)19/h2-9H,1H3,(H,24,25)/b12-8+. The third-order valence-electron chi connectivity index (χ3n) is 3.35. The van der Waals surface area contributed by atoms with Crippen LogP contribution in [0.2, 0.25) is 5.02 Å². The molecule has 0 aliphatic carbocycles. The van der Waals surface area contributed by atoms with Crippen LogP contribution in [0.5, 0.6) is 5.75 Å². The highest BCUT2D eigenvalue weighted by atomic mass is 35.5. The number of hydrogen-bond donors (Lipinski definition) is 1. The van der Waals surface area contributed by atoms with Gasteiger partial charge in [-0.3, -0.25) is 4.79 Å². The second kappa shape index (κ2) is 7.93. The predicted molar refractivity (Wildman–Crippen MR) is 91.7 cm³/mol. The van der Waals surface area contributed by atoms with Gasteiger partial charge < -0.3 is 10.1 Å². The summed E-state index contributed by atoms with van der Waals surface area (Å²) in [6, 6.07) is 10.9. The van der Waals surface area contributed by atoms with Crippen LogP contribution in [0.3, 0.4) is 0 Å². The van der Waals surface area contributed by atoms with Crippen LogP contribution in [0.25, 0.3) is 6.08 Å². The molecule has 0 radical (unpaired) electrons. The molecule has 1 N–H and O–H groups in total. The minimum absolute atomic E-state index is 0.0825. The van der Waals surface area contributed by atoms with Crippen molar-refractivity contribution < 1.29 is 22.7 Å². The number of carbonyl (C=O) groups excluding carboxylic acids is 1. The van der Waals surface area contributed by atoms with E-state index in [9.17, 15) is 23.2 Å². The Balaban J connectivity index is 2.34. The average Bonchev–Trinajstić information content (AvgIpc) is 2.60. The molecule has 1 amide bonds. The maximum Gasteiger partial charge on any atom is 0.416 e. The highest BCUT2D eigenvalue weighted by Gasteiger charge is 2.31. The fraction of sp³-hybridized carbons (Fsp3) is 0.111. The Morgan fingerprint density at radius 2 is 1.96 bits per heavy atom. The van der Waals surface area contributed by atoms with E-state index in [1.807, 2.05) is 0 Å². The van der Waals surface area contributed by atoms with Crippen molar-refractivity contribution in [2.45, 2.75) is 6.18 Å². The fourth-order valence-corrected chi connectivity index (χ4v) is 2.24. The molecule has 0 aliphatic heterocycles. The first-order valence-electron chi connectivity index (χ1n) is 7.19. The van der Waals surface area contributed by atoms with Crippen molar-refractivity contribution in [1.82, 2.24) is 0 Å². The Bertz CT molecular complexity index is 902. The Morgan fingerprint density at radius 1 is 1.27 bits per heavy atom. The van der Waals surface area contributed by atoms with Crippen molar-refractivity contribution >= 4 is 29.3 Å².